The number of allylic oxidation sites excluding steroid dienone is 2. The molecular weight excluding hydrogens is 490 g/mol. The van der Waals surface area contributed by atoms with Crippen molar-refractivity contribution in [3.05, 3.63) is 74.8 Å². The molecule has 0 amide bonds. The van der Waals surface area contributed by atoms with Crippen LogP contribution in [0.1, 0.15) is 47.8 Å². The highest BCUT2D eigenvalue weighted by Gasteiger charge is 2.37. The first-order chi connectivity index (χ1) is 15.9. The number of halogens is 5. The van der Waals surface area contributed by atoms with Gasteiger partial charge in [0.25, 0.3) is 0 Å². The summed E-state index contributed by atoms with van der Waals surface area (Å²) in [6.07, 6.45) is 1.18. The standard InChI is InChI=1S/C25H26Cl2F3NO3/c1-15-7-16(5-6-20(15)23(32)34-24(2,3)4)22(31-33)11-21(25(12-28,13-29)14-30)17-8-18(26)10-19(27)9-17/h5-11,33H,12-14H2,1-4H3. The zero-order valence-electron chi connectivity index (χ0n) is 19.3. The number of oxime groups is 1. The number of benzene rings is 2. The number of ether oxygens (including phenoxy) is 1. The summed E-state index contributed by atoms with van der Waals surface area (Å²) in [5.41, 5.74) is -1.76. The van der Waals surface area contributed by atoms with Gasteiger partial charge in [0, 0.05) is 15.6 Å². The number of rotatable bonds is 8. The fourth-order valence-corrected chi connectivity index (χ4v) is 3.79. The first-order valence-corrected chi connectivity index (χ1v) is 11.1. The molecule has 0 unspecified atom stereocenters. The zero-order valence-corrected chi connectivity index (χ0v) is 20.8. The summed E-state index contributed by atoms with van der Waals surface area (Å²) in [6.45, 7) is 2.82. The first kappa shape index (κ1) is 27.7. The second-order valence-corrected chi connectivity index (χ2v) is 9.79. The average molecular weight is 516 g/mol. The molecule has 0 radical (unpaired) electrons. The molecule has 2 aromatic rings. The number of alkyl halides is 3. The number of carbonyl (C=O) groups is 1. The molecule has 0 fully saturated rings. The van der Waals surface area contributed by atoms with Crippen LogP contribution >= 0.6 is 23.2 Å². The van der Waals surface area contributed by atoms with Gasteiger partial charge in [-0.1, -0.05) is 34.4 Å². The lowest BCUT2D eigenvalue weighted by Crippen LogP contribution is -2.31. The molecule has 0 saturated carbocycles. The lowest BCUT2D eigenvalue weighted by molar-refractivity contribution is 0.00687. The quantitative estimate of drug-likeness (QED) is 0.172. The summed E-state index contributed by atoms with van der Waals surface area (Å²) in [5, 5.41) is 13.3. The van der Waals surface area contributed by atoms with E-state index in [-0.39, 0.29) is 26.9 Å². The minimum Gasteiger partial charge on any atom is -0.456 e. The predicted molar refractivity (Wildman–Crippen MR) is 129 cm³/mol. The number of carbonyl (C=O) groups excluding carboxylic acids is 1. The molecule has 2 aromatic carbocycles. The lowest BCUT2D eigenvalue weighted by Gasteiger charge is -2.28. The molecule has 9 heteroatoms. The Balaban J connectivity index is 2.63. The number of nitrogens with zero attached hydrogens (tertiary/aromatic N) is 1. The van der Waals surface area contributed by atoms with Crippen LogP contribution in [0.5, 0.6) is 0 Å². The van der Waals surface area contributed by atoms with Crippen molar-refractivity contribution >= 4 is 40.5 Å². The number of esters is 1. The topological polar surface area (TPSA) is 58.9 Å². The molecule has 1 N–H and O–H groups in total. The van der Waals surface area contributed by atoms with Gasteiger partial charge in [-0.3, -0.25) is 0 Å². The van der Waals surface area contributed by atoms with Crippen LogP contribution in [-0.2, 0) is 4.74 Å². The maximum absolute atomic E-state index is 14.0. The maximum atomic E-state index is 14.0. The third kappa shape index (κ3) is 6.54. The minimum absolute atomic E-state index is 0.107. The Morgan fingerprint density at radius 3 is 2.00 bits per heavy atom. The van der Waals surface area contributed by atoms with E-state index < -0.39 is 37.0 Å². The second-order valence-electron chi connectivity index (χ2n) is 8.91. The summed E-state index contributed by atoms with van der Waals surface area (Å²) in [6, 6.07) is 8.73. The van der Waals surface area contributed by atoms with Crippen molar-refractivity contribution in [2.45, 2.75) is 33.3 Å². The van der Waals surface area contributed by atoms with Crippen LogP contribution in [-0.4, -0.2) is 42.5 Å². The molecule has 0 atom stereocenters. The van der Waals surface area contributed by atoms with Gasteiger partial charge in [-0.05, 0) is 80.8 Å². The van der Waals surface area contributed by atoms with Gasteiger partial charge in [-0.15, -0.1) is 0 Å². The molecule has 34 heavy (non-hydrogen) atoms. The fourth-order valence-electron chi connectivity index (χ4n) is 3.27. The molecule has 0 aromatic heterocycles. The first-order valence-electron chi connectivity index (χ1n) is 10.3. The Kier molecular flexibility index (Phi) is 9.20. The van der Waals surface area contributed by atoms with Gasteiger partial charge in [0.15, 0.2) is 0 Å². The maximum Gasteiger partial charge on any atom is 0.338 e. The van der Waals surface area contributed by atoms with E-state index in [1.165, 1.54) is 36.4 Å². The zero-order chi connectivity index (χ0) is 25.7. The second kappa shape index (κ2) is 11.3. The van der Waals surface area contributed by atoms with Crippen molar-refractivity contribution in [1.29, 1.82) is 0 Å². The Hall–Kier alpha value is -2.51. The van der Waals surface area contributed by atoms with E-state index in [9.17, 15) is 23.2 Å². The Morgan fingerprint density at radius 2 is 1.56 bits per heavy atom. The summed E-state index contributed by atoms with van der Waals surface area (Å²) in [5.74, 6) is -0.532. The molecule has 0 aliphatic rings. The minimum atomic E-state index is -2.16. The Labute approximate surface area is 207 Å². The van der Waals surface area contributed by atoms with Gasteiger partial charge in [0.05, 0.1) is 11.0 Å². The van der Waals surface area contributed by atoms with Crippen molar-refractivity contribution in [2.75, 3.05) is 20.0 Å². The molecule has 184 valence electrons. The molecule has 0 spiro atoms. The van der Waals surface area contributed by atoms with Crippen LogP contribution in [0.25, 0.3) is 5.57 Å². The molecule has 0 aliphatic carbocycles. The predicted octanol–water partition coefficient (Wildman–Crippen LogP) is 7.41. The summed E-state index contributed by atoms with van der Waals surface area (Å²) in [4.78, 5) is 12.4. The smallest absolute Gasteiger partial charge is 0.338 e. The highest BCUT2D eigenvalue weighted by Crippen LogP contribution is 2.39. The Morgan fingerprint density at radius 1 is 1.00 bits per heavy atom. The molecule has 0 heterocycles. The summed E-state index contributed by atoms with van der Waals surface area (Å²) in [7, 11) is 0. The normalized spacial score (nSPS) is 13.2. The molecule has 2 rings (SSSR count). The van der Waals surface area contributed by atoms with Gasteiger partial charge < -0.3 is 9.94 Å². The number of hydrogen-bond acceptors (Lipinski definition) is 4. The van der Waals surface area contributed by atoms with E-state index >= 15 is 0 Å². The lowest BCUT2D eigenvalue weighted by atomic mass is 9.78. The van der Waals surface area contributed by atoms with Crippen LogP contribution in [0.15, 0.2) is 47.6 Å². The monoisotopic (exact) mass is 515 g/mol. The third-order valence-corrected chi connectivity index (χ3v) is 5.48. The molecule has 4 nitrogen and oxygen atoms in total. The van der Waals surface area contributed by atoms with Crippen LogP contribution in [0.2, 0.25) is 10.0 Å². The third-order valence-electron chi connectivity index (χ3n) is 5.04. The molecule has 0 saturated heterocycles. The van der Waals surface area contributed by atoms with E-state index in [2.05, 4.69) is 5.16 Å². The van der Waals surface area contributed by atoms with Crippen molar-refractivity contribution in [3.8, 4) is 0 Å². The van der Waals surface area contributed by atoms with Crippen molar-refractivity contribution < 1.29 is 27.9 Å². The highest BCUT2D eigenvalue weighted by atomic mass is 35.5. The number of aryl methyl sites for hydroxylation is 1. The average Bonchev–Trinajstić information content (AvgIpc) is 2.75. The molecular formula is C25H26Cl2F3NO3. The molecule has 0 aliphatic heterocycles. The van der Waals surface area contributed by atoms with Gasteiger partial charge in [0.2, 0.25) is 0 Å². The van der Waals surface area contributed by atoms with E-state index in [1.807, 2.05) is 0 Å². The summed E-state index contributed by atoms with van der Waals surface area (Å²) >= 11 is 12.1. The van der Waals surface area contributed by atoms with E-state index in [0.29, 0.717) is 16.7 Å². The summed E-state index contributed by atoms with van der Waals surface area (Å²) < 4.78 is 47.4. The van der Waals surface area contributed by atoms with Gasteiger partial charge >= 0.3 is 5.97 Å². The van der Waals surface area contributed by atoms with Crippen LogP contribution in [0.4, 0.5) is 13.2 Å². The largest absolute Gasteiger partial charge is 0.456 e. The van der Waals surface area contributed by atoms with Crippen LogP contribution in [0.3, 0.4) is 0 Å². The van der Waals surface area contributed by atoms with E-state index in [4.69, 9.17) is 27.9 Å². The number of hydrogen-bond donors (Lipinski definition) is 1. The van der Waals surface area contributed by atoms with Crippen LogP contribution in [0, 0.1) is 12.3 Å². The molecule has 0 bridgehead atoms. The fraction of sp³-hybridized carbons (Fsp3) is 0.360. The SMILES string of the molecule is Cc1cc(C(C=C(c2cc(Cl)cc(Cl)c2)C(CF)(CF)CF)=NO)ccc1C(=O)OC(C)(C)C. The van der Waals surface area contributed by atoms with Gasteiger partial charge in [-0.2, -0.15) is 0 Å². The van der Waals surface area contributed by atoms with E-state index in [0.717, 1.165) is 0 Å². The Bertz CT molecular complexity index is 1080. The van der Waals surface area contributed by atoms with Gasteiger partial charge in [-0.25, -0.2) is 18.0 Å². The van der Waals surface area contributed by atoms with E-state index in [1.54, 1.807) is 33.8 Å². The van der Waals surface area contributed by atoms with Crippen molar-refractivity contribution in [2.24, 2.45) is 10.6 Å². The highest BCUT2D eigenvalue weighted by molar-refractivity contribution is 6.35. The van der Waals surface area contributed by atoms with Gasteiger partial charge in [0.1, 0.15) is 31.3 Å². The van der Waals surface area contributed by atoms with Crippen molar-refractivity contribution in [1.82, 2.24) is 0 Å². The van der Waals surface area contributed by atoms with Crippen molar-refractivity contribution in [3.63, 3.8) is 0 Å². The van der Waals surface area contributed by atoms with Crippen LogP contribution < -0.4 is 0 Å².